The molecule has 3 aromatic rings. The Balaban J connectivity index is 2.18. The topological polar surface area (TPSA) is 27.1 Å². The zero-order chi connectivity index (χ0) is 17.1. The van der Waals surface area contributed by atoms with Crippen molar-refractivity contribution in [3.8, 4) is 28.3 Å². The van der Waals surface area contributed by atoms with E-state index in [1.807, 2.05) is 11.7 Å². The molecule has 0 spiro atoms. The molecule has 2 aromatic carbocycles. The van der Waals surface area contributed by atoms with E-state index in [9.17, 15) is 0 Å². The fourth-order valence-electron chi connectivity index (χ4n) is 2.94. The van der Waals surface area contributed by atoms with Crippen LogP contribution in [0.5, 0.6) is 5.75 Å². The summed E-state index contributed by atoms with van der Waals surface area (Å²) in [5.74, 6) is 0.871. The summed E-state index contributed by atoms with van der Waals surface area (Å²) in [4.78, 5) is 0. The Labute approximate surface area is 143 Å². The lowest BCUT2D eigenvalue weighted by Crippen LogP contribution is -1.99. The van der Waals surface area contributed by atoms with Crippen LogP contribution in [0.3, 0.4) is 0 Å². The highest BCUT2D eigenvalue weighted by molar-refractivity contribution is 5.79. The van der Waals surface area contributed by atoms with E-state index in [-0.39, 0.29) is 0 Å². The summed E-state index contributed by atoms with van der Waals surface area (Å²) in [5.41, 5.74) is 6.62. The number of benzene rings is 2. The lowest BCUT2D eigenvalue weighted by Gasteiger charge is -2.10. The first-order valence-corrected chi connectivity index (χ1v) is 8.44. The van der Waals surface area contributed by atoms with Crippen LogP contribution < -0.4 is 4.74 Å². The van der Waals surface area contributed by atoms with Crippen LogP contribution in [0.1, 0.15) is 24.5 Å². The predicted molar refractivity (Wildman–Crippen MR) is 99.3 cm³/mol. The van der Waals surface area contributed by atoms with E-state index in [1.54, 1.807) is 0 Å². The highest BCUT2D eigenvalue weighted by Crippen LogP contribution is 2.39. The van der Waals surface area contributed by atoms with Crippen LogP contribution in [0.15, 0.2) is 48.5 Å². The third-order valence-corrected chi connectivity index (χ3v) is 4.04. The summed E-state index contributed by atoms with van der Waals surface area (Å²) >= 11 is 0. The second-order valence-electron chi connectivity index (χ2n) is 6.24. The number of aryl methyl sites for hydroxylation is 3. The molecule has 3 heteroatoms. The molecule has 0 N–H and O–H groups in total. The highest BCUT2D eigenvalue weighted by Gasteiger charge is 2.20. The van der Waals surface area contributed by atoms with Gasteiger partial charge in [0, 0.05) is 18.2 Å². The quantitative estimate of drug-likeness (QED) is 0.649. The Kier molecular flexibility index (Phi) is 4.70. The highest BCUT2D eigenvalue weighted by atomic mass is 16.5. The first-order valence-electron chi connectivity index (χ1n) is 8.44. The van der Waals surface area contributed by atoms with Crippen LogP contribution in [0, 0.1) is 13.8 Å². The molecular formula is C21H24N2O. The van der Waals surface area contributed by atoms with Crippen LogP contribution in [0.2, 0.25) is 0 Å². The number of rotatable bonds is 5. The monoisotopic (exact) mass is 320 g/mol. The number of aromatic nitrogens is 2. The minimum absolute atomic E-state index is 0.684. The Morgan fingerprint density at radius 3 is 2.21 bits per heavy atom. The zero-order valence-corrected chi connectivity index (χ0v) is 14.8. The van der Waals surface area contributed by atoms with Crippen LogP contribution in [0.4, 0.5) is 0 Å². The summed E-state index contributed by atoms with van der Waals surface area (Å²) in [5, 5.41) is 4.77. The van der Waals surface area contributed by atoms with E-state index in [4.69, 9.17) is 9.84 Å². The van der Waals surface area contributed by atoms with Crippen LogP contribution in [0.25, 0.3) is 22.5 Å². The second kappa shape index (κ2) is 6.91. The number of hydrogen-bond acceptors (Lipinski definition) is 2. The van der Waals surface area contributed by atoms with Gasteiger partial charge in [-0.15, -0.1) is 0 Å². The van der Waals surface area contributed by atoms with Gasteiger partial charge in [-0.25, -0.2) is 0 Å². The largest absolute Gasteiger partial charge is 0.489 e. The third-order valence-electron chi connectivity index (χ3n) is 4.04. The molecule has 0 amide bonds. The van der Waals surface area contributed by atoms with Crippen molar-refractivity contribution in [1.29, 1.82) is 0 Å². The van der Waals surface area contributed by atoms with Crippen molar-refractivity contribution in [3.63, 3.8) is 0 Å². The summed E-state index contributed by atoms with van der Waals surface area (Å²) in [6.07, 6.45) is 0.968. The molecule has 0 radical (unpaired) electrons. The Morgan fingerprint density at radius 2 is 1.58 bits per heavy atom. The van der Waals surface area contributed by atoms with Crippen molar-refractivity contribution in [1.82, 2.24) is 9.78 Å². The minimum atomic E-state index is 0.684. The van der Waals surface area contributed by atoms with Gasteiger partial charge in [0.1, 0.15) is 11.4 Å². The molecule has 0 unspecified atom stereocenters. The number of nitrogens with zero attached hydrogens (tertiary/aromatic N) is 2. The van der Waals surface area contributed by atoms with Crippen molar-refractivity contribution in [3.05, 3.63) is 59.7 Å². The van der Waals surface area contributed by atoms with Gasteiger partial charge in [0.05, 0.1) is 6.61 Å². The third kappa shape index (κ3) is 3.21. The Morgan fingerprint density at radius 1 is 0.958 bits per heavy atom. The first kappa shape index (κ1) is 16.3. The molecule has 0 atom stereocenters. The van der Waals surface area contributed by atoms with Crippen LogP contribution in [-0.4, -0.2) is 16.4 Å². The normalized spacial score (nSPS) is 10.8. The summed E-state index contributed by atoms with van der Waals surface area (Å²) in [6, 6.07) is 16.9. The molecule has 3 rings (SSSR count). The molecule has 1 aromatic heterocycles. The van der Waals surface area contributed by atoms with E-state index in [1.165, 1.54) is 11.1 Å². The van der Waals surface area contributed by atoms with Crippen molar-refractivity contribution >= 4 is 0 Å². The second-order valence-corrected chi connectivity index (χ2v) is 6.24. The van der Waals surface area contributed by atoms with E-state index in [0.29, 0.717) is 6.61 Å². The molecule has 24 heavy (non-hydrogen) atoms. The van der Waals surface area contributed by atoms with Crippen molar-refractivity contribution in [2.75, 3.05) is 6.61 Å². The van der Waals surface area contributed by atoms with Gasteiger partial charge in [-0.3, -0.25) is 4.68 Å². The van der Waals surface area contributed by atoms with Gasteiger partial charge < -0.3 is 4.74 Å². The van der Waals surface area contributed by atoms with Crippen LogP contribution >= 0.6 is 0 Å². The molecule has 0 aliphatic rings. The molecule has 124 valence electrons. The Bertz CT molecular complexity index is 849. The van der Waals surface area contributed by atoms with E-state index < -0.39 is 0 Å². The van der Waals surface area contributed by atoms with Gasteiger partial charge in [0.15, 0.2) is 5.75 Å². The maximum Gasteiger partial charge on any atom is 0.173 e. The van der Waals surface area contributed by atoms with Gasteiger partial charge in [-0.05, 0) is 32.4 Å². The Hall–Kier alpha value is -2.55. The molecular weight excluding hydrogens is 296 g/mol. The molecule has 0 bridgehead atoms. The van der Waals surface area contributed by atoms with Gasteiger partial charge in [0.25, 0.3) is 0 Å². The zero-order valence-electron chi connectivity index (χ0n) is 14.8. The first-order chi connectivity index (χ1) is 11.6. The van der Waals surface area contributed by atoms with Gasteiger partial charge in [-0.2, -0.15) is 5.10 Å². The summed E-state index contributed by atoms with van der Waals surface area (Å²) in [7, 11) is 1.98. The average Bonchev–Trinajstić information content (AvgIpc) is 2.89. The number of hydrogen-bond donors (Lipinski definition) is 0. The van der Waals surface area contributed by atoms with Crippen molar-refractivity contribution < 1.29 is 4.74 Å². The molecule has 0 saturated carbocycles. The smallest absolute Gasteiger partial charge is 0.173 e. The minimum Gasteiger partial charge on any atom is -0.489 e. The van der Waals surface area contributed by atoms with Crippen molar-refractivity contribution in [2.45, 2.75) is 27.2 Å². The summed E-state index contributed by atoms with van der Waals surface area (Å²) < 4.78 is 8.07. The fourth-order valence-corrected chi connectivity index (χ4v) is 2.94. The van der Waals surface area contributed by atoms with E-state index >= 15 is 0 Å². The van der Waals surface area contributed by atoms with Crippen LogP contribution in [-0.2, 0) is 7.05 Å². The van der Waals surface area contributed by atoms with E-state index in [2.05, 4.69) is 69.3 Å². The maximum atomic E-state index is 6.14. The SMILES string of the molecule is CCCOc1c(-c2cccc(C)c2)nn(C)c1-c1cccc(C)c1. The molecule has 1 heterocycles. The lowest BCUT2D eigenvalue weighted by molar-refractivity contribution is 0.320. The van der Waals surface area contributed by atoms with Crippen molar-refractivity contribution in [2.24, 2.45) is 7.05 Å². The molecule has 0 fully saturated rings. The molecule has 0 saturated heterocycles. The van der Waals surface area contributed by atoms with Gasteiger partial charge >= 0.3 is 0 Å². The maximum absolute atomic E-state index is 6.14. The lowest BCUT2D eigenvalue weighted by atomic mass is 10.0. The number of ether oxygens (including phenoxy) is 1. The van der Waals surface area contributed by atoms with Gasteiger partial charge in [0.2, 0.25) is 0 Å². The standard InChI is InChI=1S/C21H24N2O/c1-5-12-24-21-19(17-10-6-8-15(2)13-17)22-23(4)20(21)18-11-7-9-16(3)14-18/h6-11,13-14H,5,12H2,1-4H3. The molecule has 0 aliphatic heterocycles. The van der Waals surface area contributed by atoms with Gasteiger partial charge in [-0.1, -0.05) is 54.4 Å². The summed E-state index contributed by atoms with van der Waals surface area (Å²) in [6.45, 7) is 7.01. The molecule has 0 aliphatic carbocycles. The average molecular weight is 320 g/mol. The predicted octanol–water partition coefficient (Wildman–Crippen LogP) is 5.16. The molecule has 3 nitrogen and oxygen atoms in total. The van der Waals surface area contributed by atoms with E-state index in [0.717, 1.165) is 34.7 Å². The fraction of sp³-hybridized carbons (Fsp3) is 0.286.